The third-order valence-electron chi connectivity index (χ3n) is 2.19. The molecule has 0 aliphatic rings. The van der Waals surface area contributed by atoms with Crippen molar-refractivity contribution in [2.45, 2.75) is 26.7 Å². The first-order valence-corrected chi connectivity index (χ1v) is 7.79. The smallest absolute Gasteiger partial charge is 0.324 e. The van der Waals surface area contributed by atoms with E-state index in [-0.39, 0.29) is 6.03 Å². The second kappa shape index (κ2) is 6.89. The van der Waals surface area contributed by atoms with Crippen LogP contribution in [0.1, 0.15) is 26.7 Å². The van der Waals surface area contributed by atoms with Crippen molar-refractivity contribution in [3.05, 3.63) is 13.9 Å². The summed E-state index contributed by atoms with van der Waals surface area (Å²) in [7, 11) is 0. The van der Waals surface area contributed by atoms with Crippen LogP contribution in [-0.4, -0.2) is 33.6 Å². The number of carbonyl (C=O) groups is 1. The van der Waals surface area contributed by atoms with Gasteiger partial charge in [0, 0.05) is 13.1 Å². The van der Waals surface area contributed by atoms with Gasteiger partial charge in [-0.3, -0.25) is 0 Å². The Hall–Kier alpha value is 0.120. The summed E-state index contributed by atoms with van der Waals surface area (Å²) in [6.07, 6.45) is 1.88. The summed E-state index contributed by atoms with van der Waals surface area (Å²) in [6.45, 7) is 5.62. The number of amides is 1. The lowest BCUT2D eigenvalue weighted by molar-refractivity contribution is 0.198. The molecule has 0 saturated heterocycles. The summed E-state index contributed by atoms with van der Waals surface area (Å²) < 4.78 is 3.26. The highest BCUT2D eigenvalue weighted by Crippen LogP contribution is 2.27. The fourth-order valence-corrected chi connectivity index (χ4v) is 3.23. The summed E-state index contributed by atoms with van der Waals surface area (Å²) in [6, 6.07) is -0.0642. The SMILES string of the molecule is CCCN(CCC)C(=O)n1c(Br)nc(Br)c1Br. The molecule has 0 atom stereocenters. The first-order chi connectivity index (χ1) is 8.02. The van der Waals surface area contributed by atoms with Crippen molar-refractivity contribution in [2.24, 2.45) is 0 Å². The molecular formula is C10H14Br3N3O. The Balaban J connectivity index is 3.00. The van der Waals surface area contributed by atoms with Crippen LogP contribution in [0.2, 0.25) is 0 Å². The van der Waals surface area contributed by atoms with Crippen LogP contribution in [0.3, 0.4) is 0 Å². The molecular weight excluding hydrogens is 418 g/mol. The zero-order chi connectivity index (χ0) is 13.0. The Morgan fingerprint density at radius 1 is 1.24 bits per heavy atom. The topological polar surface area (TPSA) is 38.1 Å². The summed E-state index contributed by atoms with van der Waals surface area (Å²) >= 11 is 9.91. The molecule has 17 heavy (non-hydrogen) atoms. The molecule has 0 saturated carbocycles. The van der Waals surface area contributed by atoms with Gasteiger partial charge >= 0.3 is 6.03 Å². The van der Waals surface area contributed by atoms with Crippen molar-refractivity contribution in [1.29, 1.82) is 0 Å². The predicted octanol–water partition coefficient (Wildman–Crippen LogP) is 4.26. The minimum Gasteiger partial charge on any atom is -0.324 e. The zero-order valence-corrected chi connectivity index (χ0v) is 14.5. The number of imidazole rings is 1. The Morgan fingerprint density at radius 3 is 2.12 bits per heavy atom. The molecule has 4 nitrogen and oxygen atoms in total. The van der Waals surface area contributed by atoms with E-state index in [9.17, 15) is 4.79 Å². The zero-order valence-electron chi connectivity index (χ0n) is 9.71. The highest BCUT2D eigenvalue weighted by molar-refractivity contribution is 9.13. The van der Waals surface area contributed by atoms with Gasteiger partial charge in [0.05, 0.1) is 0 Å². The second-order valence-electron chi connectivity index (χ2n) is 3.57. The lowest BCUT2D eigenvalue weighted by Crippen LogP contribution is -2.36. The van der Waals surface area contributed by atoms with Gasteiger partial charge in [-0.1, -0.05) is 13.8 Å². The number of hydrogen-bond acceptors (Lipinski definition) is 2. The molecule has 0 bridgehead atoms. The molecule has 0 aliphatic heterocycles. The van der Waals surface area contributed by atoms with E-state index in [2.05, 4.69) is 66.6 Å². The van der Waals surface area contributed by atoms with Crippen molar-refractivity contribution in [3.8, 4) is 0 Å². The van der Waals surface area contributed by atoms with E-state index in [0.29, 0.717) is 13.9 Å². The first-order valence-electron chi connectivity index (χ1n) is 5.41. The molecule has 0 fully saturated rings. The largest absolute Gasteiger partial charge is 0.331 e. The number of aromatic nitrogens is 2. The standard InChI is InChI=1S/C10H14Br3N3O/c1-3-5-15(6-4-2)10(17)16-8(12)7(11)14-9(16)13/h3-6H2,1-2H3. The van der Waals surface area contributed by atoms with Crippen LogP contribution < -0.4 is 0 Å². The van der Waals surface area contributed by atoms with E-state index >= 15 is 0 Å². The lowest BCUT2D eigenvalue weighted by atomic mass is 10.4. The number of nitrogens with zero attached hydrogens (tertiary/aromatic N) is 3. The lowest BCUT2D eigenvalue weighted by Gasteiger charge is -2.22. The van der Waals surface area contributed by atoms with E-state index in [1.165, 1.54) is 4.57 Å². The van der Waals surface area contributed by atoms with Crippen molar-refractivity contribution in [1.82, 2.24) is 14.5 Å². The van der Waals surface area contributed by atoms with E-state index in [0.717, 1.165) is 25.9 Å². The monoisotopic (exact) mass is 429 g/mol. The van der Waals surface area contributed by atoms with Gasteiger partial charge in [0.15, 0.2) is 4.73 Å². The maximum absolute atomic E-state index is 12.3. The molecule has 7 heteroatoms. The Bertz CT molecular complexity index is 400. The maximum Gasteiger partial charge on any atom is 0.331 e. The van der Waals surface area contributed by atoms with Crippen molar-refractivity contribution < 1.29 is 4.79 Å². The third-order valence-corrected chi connectivity index (χ3v) is 4.54. The van der Waals surface area contributed by atoms with Gasteiger partial charge in [0.2, 0.25) is 0 Å². The van der Waals surface area contributed by atoms with Crippen LogP contribution >= 0.6 is 47.8 Å². The van der Waals surface area contributed by atoms with Crippen LogP contribution in [0.4, 0.5) is 4.79 Å². The summed E-state index contributed by atoms with van der Waals surface area (Å²) in [4.78, 5) is 18.3. The minimum atomic E-state index is -0.0642. The molecule has 0 N–H and O–H groups in total. The molecule has 1 heterocycles. The highest BCUT2D eigenvalue weighted by atomic mass is 79.9. The number of rotatable bonds is 4. The molecule has 0 aliphatic carbocycles. The molecule has 0 aromatic carbocycles. The highest BCUT2D eigenvalue weighted by Gasteiger charge is 2.21. The van der Waals surface area contributed by atoms with E-state index in [1.54, 1.807) is 0 Å². The van der Waals surface area contributed by atoms with Crippen molar-refractivity contribution in [2.75, 3.05) is 13.1 Å². The van der Waals surface area contributed by atoms with Crippen LogP contribution in [0, 0.1) is 0 Å². The number of halogens is 3. The average molecular weight is 432 g/mol. The van der Waals surface area contributed by atoms with Crippen molar-refractivity contribution in [3.63, 3.8) is 0 Å². The molecule has 96 valence electrons. The van der Waals surface area contributed by atoms with Gasteiger partial charge in [0.25, 0.3) is 0 Å². The van der Waals surface area contributed by atoms with Gasteiger partial charge in [-0.25, -0.2) is 14.3 Å². The van der Waals surface area contributed by atoms with Crippen LogP contribution in [0.25, 0.3) is 0 Å². The molecule has 1 rings (SSSR count). The average Bonchev–Trinajstić information content (AvgIpc) is 2.52. The van der Waals surface area contributed by atoms with Gasteiger partial charge in [-0.15, -0.1) is 0 Å². The molecule has 1 aromatic rings. The van der Waals surface area contributed by atoms with Crippen LogP contribution in [0.5, 0.6) is 0 Å². The normalized spacial score (nSPS) is 10.6. The molecule has 0 spiro atoms. The van der Waals surface area contributed by atoms with E-state index in [1.807, 2.05) is 4.90 Å². The summed E-state index contributed by atoms with van der Waals surface area (Å²) in [5.74, 6) is 0. The van der Waals surface area contributed by atoms with E-state index < -0.39 is 0 Å². The first kappa shape index (κ1) is 15.2. The fourth-order valence-electron chi connectivity index (χ4n) is 1.50. The fraction of sp³-hybridized carbons (Fsp3) is 0.600. The quantitative estimate of drug-likeness (QED) is 0.714. The van der Waals surface area contributed by atoms with Crippen LogP contribution in [-0.2, 0) is 0 Å². The number of carbonyl (C=O) groups excluding carboxylic acids is 1. The predicted molar refractivity (Wildman–Crippen MR) is 78.3 cm³/mol. The van der Waals surface area contributed by atoms with Gasteiger partial charge < -0.3 is 4.90 Å². The summed E-state index contributed by atoms with van der Waals surface area (Å²) in [5, 5.41) is 0. The van der Waals surface area contributed by atoms with Crippen molar-refractivity contribution >= 4 is 53.8 Å². The van der Waals surface area contributed by atoms with Gasteiger partial charge in [-0.05, 0) is 60.6 Å². The molecule has 0 unspecified atom stereocenters. The Labute approximate surface area is 126 Å². The van der Waals surface area contributed by atoms with Crippen LogP contribution in [0.15, 0.2) is 13.9 Å². The van der Waals surface area contributed by atoms with E-state index in [4.69, 9.17) is 0 Å². The molecule has 0 radical (unpaired) electrons. The van der Waals surface area contributed by atoms with Gasteiger partial charge in [0.1, 0.15) is 9.21 Å². The maximum atomic E-state index is 12.3. The minimum absolute atomic E-state index is 0.0642. The Kier molecular flexibility index (Phi) is 6.16. The Morgan fingerprint density at radius 2 is 1.76 bits per heavy atom. The number of hydrogen-bond donors (Lipinski definition) is 0. The van der Waals surface area contributed by atoms with Gasteiger partial charge in [-0.2, -0.15) is 0 Å². The molecule has 1 amide bonds. The molecule has 1 aromatic heterocycles. The summed E-state index contributed by atoms with van der Waals surface area (Å²) in [5.41, 5.74) is 0. The second-order valence-corrected chi connectivity index (χ2v) is 5.78. The third kappa shape index (κ3) is 3.54.